The van der Waals surface area contributed by atoms with Gasteiger partial charge >= 0.3 is 0 Å². The van der Waals surface area contributed by atoms with Crippen LogP contribution in [0, 0.1) is 5.92 Å². The highest BCUT2D eigenvalue weighted by atomic mass is 16.5. The second-order valence-electron chi connectivity index (χ2n) is 3.83. The molecular weight excluding hydrogens is 204 g/mol. The Kier molecular flexibility index (Phi) is 5.22. The fraction of sp³-hybridized carbons (Fsp3) is 0.583. The number of aromatic nitrogens is 1. The summed E-state index contributed by atoms with van der Waals surface area (Å²) in [5.74, 6) is 0.577. The van der Waals surface area contributed by atoms with Crippen LogP contribution < -0.4 is 10.5 Å². The Morgan fingerprint density at radius 3 is 2.81 bits per heavy atom. The van der Waals surface area contributed by atoms with Gasteiger partial charge in [-0.25, -0.2) is 4.98 Å². The number of nitrogens with two attached hydrogens (primary N) is 1. The molecule has 1 rings (SSSR count). The highest BCUT2D eigenvalue weighted by Crippen LogP contribution is 2.24. The molecule has 2 unspecified atom stereocenters. The van der Waals surface area contributed by atoms with Crippen LogP contribution in [0.2, 0.25) is 0 Å². The number of pyridine rings is 1. The van der Waals surface area contributed by atoms with Crippen LogP contribution in [0.1, 0.15) is 31.6 Å². The molecule has 0 spiro atoms. The molecule has 0 aliphatic heterocycles. The minimum Gasteiger partial charge on any atom is -0.481 e. The van der Waals surface area contributed by atoms with Gasteiger partial charge in [0.1, 0.15) is 6.10 Å². The van der Waals surface area contributed by atoms with Crippen molar-refractivity contribution in [3.05, 3.63) is 23.9 Å². The third-order valence-corrected chi connectivity index (χ3v) is 2.67. The highest BCUT2D eigenvalue weighted by Gasteiger charge is 2.20. The maximum Gasteiger partial charge on any atom is 0.213 e. The Morgan fingerprint density at radius 1 is 1.50 bits per heavy atom. The smallest absolute Gasteiger partial charge is 0.213 e. The fourth-order valence-electron chi connectivity index (χ4n) is 1.73. The van der Waals surface area contributed by atoms with E-state index in [9.17, 15) is 5.11 Å². The monoisotopic (exact) mass is 224 g/mol. The quantitative estimate of drug-likeness (QED) is 0.768. The summed E-state index contributed by atoms with van der Waals surface area (Å²) in [7, 11) is 1.56. The largest absolute Gasteiger partial charge is 0.481 e. The third-order valence-electron chi connectivity index (χ3n) is 2.67. The zero-order valence-corrected chi connectivity index (χ0v) is 9.89. The molecule has 4 heteroatoms. The topological polar surface area (TPSA) is 68.4 Å². The van der Waals surface area contributed by atoms with E-state index in [0.717, 1.165) is 12.8 Å². The molecule has 0 aliphatic rings. The van der Waals surface area contributed by atoms with Crippen LogP contribution in [0.25, 0.3) is 0 Å². The van der Waals surface area contributed by atoms with Crippen molar-refractivity contribution in [1.29, 1.82) is 0 Å². The normalized spacial score (nSPS) is 14.5. The Morgan fingerprint density at radius 2 is 2.25 bits per heavy atom. The molecule has 1 aromatic rings. The van der Waals surface area contributed by atoms with Crippen LogP contribution in [0.5, 0.6) is 5.88 Å². The number of hydrogen-bond acceptors (Lipinski definition) is 4. The predicted molar refractivity (Wildman–Crippen MR) is 63.2 cm³/mol. The van der Waals surface area contributed by atoms with Gasteiger partial charge in [0.25, 0.3) is 0 Å². The van der Waals surface area contributed by atoms with E-state index < -0.39 is 6.10 Å². The molecule has 3 N–H and O–H groups in total. The molecular formula is C12H20N2O2. The number of rotatable bonds is 6. The molecule has 0 saturated heterocycles. The van der Waals surface area contributed by atoms with Crippen LogP contribution in [0.3, 0.4) is 0 Å². The summed E-state index contributed by atoms with van der Waals surface area (Å²) in [6, 6.07) is 5.38. The molecule has 16 heavy (non-hydrogen) atoms. The molecule has 2 atom stereocenters. The van der Waals surface area contributed by atoms with Crippen molar-refractivity contribution in [3.63, 3.8) is 0 Å². The van der Waals surface area contributed by atoms with E-state index in [-0.39, 0.29) is 5.92 Å². The summed E-state index contributed by atoms with van der Waals surface area (Å²) in [5, 5.41) is 10.1. The first-order valence-electron chi connectivity index (χ1n) is 5.62. The van der Waals surface area contributed by atoms with Crippen molar-refractivity contribution in [2.75, 3.05) is 13.7 Å². The van der Waals surface area contributed by atoms with Gasteiger partial charge in [0.2, 0.25) is 5.88 Å². The van der Waals surface area contributed by atoms with Gasteiger partial charge in [0.15, 0.2) is 0 Å². The van der Waals surface area contributed by atoms with Crippen molar-refractivity contribution < 1.29 is 9.84 Å². The van der Waals surface area contributed by atoms with Crippen molar-refractivity contribution >= 4 is 0 Å². The number of nitrogens with zero attached hydrogens (tertiary/aromatic N) is 1. The fourth-order valence-corrected chi connectivity index (χ4v) is 1.73. The van der Waals surface area contributed by atoms with Gasteiger partial charge in [-0.3, -0.25) is 0 Å². The molecule has 4 nitrogen and oxygen atoms in total. The lowest BCUT2D eigenvalue weighted by atomic mass is 9.95. The lowest BCUT2D eigenvalue weighted by molar-refractivity contribution is 0.102. The third kappa shape index (κ3) is 3.18. The average molecular weight is 224 g/mol. The zero-order valence-electron chi connectivity index (χ0n) is 9.89. The highest BCUT2D eigenvalue weighted by molar-refractivity contribution is 5.17. The molecule has 0 bridgehead atoms. The predicted octanol–water partition coefficient (Wildman–Crippen LogP) is 1.50. The number of hydrogen-bond donors (Lipinski definition) is 2. The second-order valence-corrected chi connectivity index (χ2v) is 3.83. The average Bonchev–Trinajstić information content (AvgIpc) is 2.35. The van der Waals surface area contributed by atoms with Crippen LogP contribution >= 0.6 is 0 Å². The Bertz CT molecular complexity index is 318. The first-order valence-corrected chi connectivity index (χ1v) is 5.62. The van der Waals surface area contributed by atoms with Gasteiger partial charge < -0.3 is 15.6 Å². The number of aliphatic hydroxyl groups is 1. The second kappa shape index (κ2) is 6.45. The van der Waals surface area contributed by atoms with Crippen LogP contribution in [0.4, 0.5) is 0 Å². The summed E-state index contributed by atoms with van der Waals surface area (Å²) < 4.78 is 5.02. The maximum atomic E-state index is 10.1. The lowest BCUT2D eigenvalue weighted by Crippen LogP contribution is -2.22. The van der Waals surface area contributed by atoms with Crippen LogP contribution in [0.15, 0.2) is 18.2 Å². The Balaban J connectivity index is 2.80. The number of aliphatic hydroxyl groups excluding tert-OH is 1. The van der Waals surface area contributed by atoms with E-state index in [4.69, 9.17) is 10.5 Å². The van der Waals surface area contributed by atoms with Crippen molar-refractivity contribution in [2.45, 2.75) is 25.9 Å². The van der Waals surface area contributed by atoms with Crippen molar-refractivity contribution in [2.24, 2.45) is 11.7 Å². The molecule has 90 valence electrons. The van der Waals surface area contributed by atoms with Gasteiger partial charge in [-0.2, -0.15) is 0 Å². The Hall–Kier alpha value is -1.13. The van der Waals surface area contributed by atoms with E-state index >= 15 is 0 Å². The van der Waals surface area contributed by atoms with E-state index in [0.29, 0.717) is 18.1 Å². The van der Waals surface area contributed by atoms with Gasteiger partial charge in [-0.15, -0.1) is 0 Å². The van der Waals surface area contributed by atoms with Gasteiger partial charge in [-0.05, 0) is 19.0 Å². The van der Waals surface area contributed by atoms with Crippen LogP contribution in [-0.4, -0.2) is 23.7 Å². The summed E-state index contributed by atoms with van der Waals surface area (Å²) in [6.45, 7) is 2.54. The van der Waals surface area contributed by atoms with Gasteiger partial charge in [-0.1, -0.05) is 19.4 Å². The van der Waals surface area contributed by atoms with Crippen LogP contribution in [-0.2, 0) is 0 Å². The van der Waals surface area contributed by atoms with E-state index in [1.54, 1.807) is 19.2 Å². The molecule has 0 saturated carbocycles. The van der Waals surface area contributed by atoms with Crippen molar-refractivity contribution in [3.8, 4) is 5.88 Å². The molecule has 0 radical (unpaired) electrons. The molecule has 0 fully saturated rings. The minimum absolute atomic E-state index is 0.0598. The summed E-state index contributed by atoms with van der Waals surface area (Å²) in [5.41, 5.74) is 6.28. The minimum atomic E-state index is -0.611. The van der Waals surface area contributed by atoms with Crippen molar-refractivity contribution in [1.82, 2.24) is 4.98 Å². The number of ether oxygens (including phenoxy) is 1. The molecule has 1 heterocycles. The van der Waals surface area contributed by atoms with E-state index in [1.807, 2.05) is 6.07 Å². The molecule has 0 amide bonds. The van der Waals surface area contributed by atoms with E-state index in [2.05, 4.69) is 11.9 Å². The molecule has 0 aromatic carbocycles. The maximum absolute atomic E-state index is 10.1. The lowest BCUT2D eigenvalue weighted by Gasteiger charge is -2.20. The van der Waals surface area contributed by atoms with Gasteiger partial charge in [0.05, 0.1) is 12.8 Å². The zero-order chi connectivity index (χ0) is 12.0. The summed E-state index contributed by atoms with van der Waals surface area (Å²) in [4.78, 5) is 4.21. The summed E-state index contributed by atoms with van der Waals surface area (Å²) >= 11 is 0. The Labute approximate surface area is 96.5 Å². The molecule has 1 aromatic heterocycles. The van der Waals surface area contributed by atoms with E-state index in [1.165, 1.54) is 0 Å². The SMILES string of the molecule is CCCC(CN)C(O)c1cccc(OC)n1. The first kappa shape index (κ1) is 12.9. The number of methoxy groups -OCH3 is 1. The van der Waals surface area contributed by atoms with Gasteiger partial charge in [0, 0.05) is 12.0 Å². The first-order chi connectivity index (χ1) is 7.72. The summed E-state index contributed by atoms with van der Waals surface area (Å²) in [6.07, 6.45) is 1.29. The molecule has 0 aliphatic carbocycles. The standard InChI is InChI=1S/C12H20N2O2/c1-3-5-9(8-13)12(15)10-6-4-7-11(14-10)16-2/h4,6-7,9,12,15H,3,5,8,13H2,1-2H3.